The highest BCUT2D eigenvalue weighted by Crippen LogP contribution is 2.22. The number of halogens is 4. The summed E-state index contributed by atoms with van der Waals surface area (Å²) in [5.41, 5.74) is 0. The van der Waals surface area contributed by atoms with Crippen LogP contribution in [0.1, 0.15) is 18.2 Å². The van der Waals surface area contributed by atoms with Gasteiger partial charge < -0.3 is 10.6 Å². The van der Waals surface area contributed by atoms with Gasteiger partial charge >= 0.3 is 6.18 Å². The molecule has 0 aliphatic carbocycles. The average molecular weight is 490 g/mol. The molecule has 0 radical (unpaired) electrons. The van der Waals surface area contributed by atoms with Crippen molar-refractivity contribution in [2.75, 3.05) is 39.3 Å². The number of likely N-dealkylation sites (tertiary alicyclic amines) is 1. The number of hydrogen-bond acceptors (Lipinski definition) is 3. The van der Waals surface area contributed by atoms with Crippen molar-refractivity contribution in [3.8, 4) is 0 Å². The molecule has 2 heterocycles. The van der Waals surface area contributed by atoms with Gasteiger partial charge in [-0.3, -0.25) is 9.89 Å². The molecular formula is C16H26F3IN4S. The minimum atomic E-state index is -4.11. The standard InChI is InChI=1S/C16H25F3N4S.HI/c1-2-20-15(21-7-5-14-4-3-9-24-14)22-10-13-6-8-23(11-13)12-16(17,18)19;/h3-4,9,13H,2,5-8,10-12H2,1H3,(H2,20,21,22);1H. The van der Waals surface area contributed by atoms with Crippen molar-refractivity contribution < 1.29 is 13.2 Å². The van der Waals surface area contributed by atoms with E-state index >= 15 is 0 Å². The third-order valence-electron chi connectivity index (χ3n) is 3.87. The van der Waals surface area contributed by atoms with E-state index in [4.69, 9.17) is 0 Å². The number of thiophene rings is 1. The molecule has 0 bridgehead atoms. The predicted octanol–water partition coefficient (Wildman–Crippen LogP) is 3.35. The van der Waals surface area contributed by atoms with E-state index in [1.54, 1.807) is 11.3 Å². The first kappa shape index (κ1) is 22.5. The number of alkyl halides is 3. The molecule has 25 heavy (non-hydrogen) atoms. The summed E-state index contributed by atoms with van der Waals surface area (Å²) in [6.45, 7) is 4.26. The van der Waals surface area contributed by atoms with E-state index in [1.165, 1.54) is 9.78 Å². The normalized spacial score (nSPS) is 18.9. The monoisotopic (exact) mass is 490 g/mol. The number of nitrogens with zero attached hydrogens (tertiary/aromatic N) is 2. The summed E-state index contributed by atoms with van der Waals surface area (Å²) < 4.78 is 37.2. The van der Waals surface area contributed by atoms with Crippen LogP contribution in [-0.2, 0) is 6.42 Å². The van der Waals surface area contributed by atoms with E-state index < -0.39 is 12.7 Å². The maximum atomic E-state index is 12.4. The SMILES string of the molecule is CCNC(=NCC1CCN(CC(F)(F)F)C1)NCCc1cccs1.I. The van der Waals surface area contributed by atoms with Gasteiger partial charge in [-0.05, 0) is 43.7 Å². The number of hydrogen-bond donors (Lipinski definition) is 2. The molecule has 0 saturated carbocycles. The molecule has 1 aliphatic heterocycles. The van der Waals surface area contributed by atoms with Gasteiger partial charge in [0, 0.05) is 31.1 Å². The van der Waals surface area contributed by atoms with Crippen molar-refractivity contribution in [1.82, 2.24) is 15.5 Å². The second-order valence-electron chi connectivity index (χ2n) is 5.98. The first-order valence-corrected chi connectivity index (χ1v) is 9.18. The molecule has 0 amide bonds. The third kappa shape index (κ3) is 9.09. The van der Waals surface area contributed by atoms with E-state index in [9.17, 15) is 13.2 Å². The molecular weight excluding hydrogens is 464 g/mol. The summed E-state index contributed by atoms with van der Waals surface area (Å²) in [7, 11) is 0. The van der Waals surface area contributed by atoms with Gasteiger partial charge in [-0.15, -0.1) is 35.3 Å². The minimum Gasteiger partial charge on any atom is -0.357 e. The highest BCUT2D eigenvalue weighted by atomic mass is 127. The van der Waals surface area contributed by atoms with E-state index in [2.05, 4.69) is 27.1 Å². The highest BCUT2D eigenvalue weighted by molar-refractivity contribution is 14.0. The van der Waals surface area contributed by atoms with Crippen LogP contribution in [0.2, 0.25) is 0 Å². The van der Waals surface area contributed by atoms with Crippen LogP contribution in [0.4, 0.5) is 13.2 Å². The van der Waals surface area contributed by atoms with Gasteiger partial charge in [0.25, 0.3) is 0 Å². The Morgan fingerprint density at radius 3 is 2.84 bits per heavy atom. The Bertz CT molecular complexity index is 508. The van der Waals surface area contributed by atoms with Gasteiger partial charge in [-0.25, -0.2) is 0 Å². The van der Waals surface area contributed by atoms with E-state index in [-0.39, 0.29) is 29.9 Å². The fraction of sp³-hybridized carbons (Fsp3) is 0.688. The lowest BCUT2D eigenvalue weighted by Crippen LogP contribution is -2.38. The molecule has 4 nitrogen and oxygen atoms in total. The molecule has 0 aromatic carbocycles. The van der Waals surface area contributed by atoms with Crippen LogP contribution in [0.3, 0.4) is 0 Å². The zero-order valence-electron chi connectivity index (χ0n) is 14.3. The number of rotatable bonds is 7. The lowest BCUT2D eigenvalue weighted by atomic mass is 10.1. The Labute approximate surface area is 168 Å². The van der Waals surface area contributed by atoms with E-state index in [0.29, 0.717) is 19.6 Å². The van der Waals surface area contributed by atoms with Crippen molar-refractivity contribution in [2.45, 2.75) is 25.9 Å². The Morgan fingerprint density at radius 1 is 1.40 bits per heavy atom. The maximum Gasteiger partial charge on any atom is 0.401 e. The molecule has 144 valence electrons. The topological polar surface area (TPSA) is 39.7 Å². The fourth-order valence-corrected chi connectivity index (χ4v) is 3.49. The molecule has 2 rings (SSSR count). The van der Waals surface area contributed by atoms with E-state index in [1.807, 2.05) is 13.0 Å². The maximum absolute atomic E-state index is 12.4. The zero-order chi connectivity index (χ0) is 17.4. The Morgan fingerprint density at radius 2 is 2.20 bits per heavy atom. The molecule has 1 unspecified atom stereocenters. The Hall–Kier alpha value is -0.550. The number of nitrogens with one attached hydrogen (secondary N) is 2. The third-order valence-corrected chi connectivity index (χ3v) is 4.80. The summed E-state index contributed by atoms with van der Waals surface area (Å²) in [6.07, 6.45) is -2.41. The minimum absolute atomic E-state index is 0. The predicted molar refractivity (Wildman–Crippen MR) is 108 cm³/mol. The quantitative estimate of drug-likeness (QED) is 0.350. The van der Waals surface area contributed by atoms with Gasteiger partial charge in [-0.2, -0.15) is 13.2 Å². The smallest absolute Gasteiger partial charge is 0.357 e. The Balaban J connectivity index is 0.00000312. The molecule has 1 aromatic rings. The molecule has 1 aromatic heterocycles. The van der Waals surface area contributed by atoms with Crippen LogP contribution in [0.25, 0.3) is 0 Å². The van der Waals surface area contributed by atoms with Crippen molar-refractivity contribution in [3.05, 3.63) is 22.4 Å². The van der Waals surface area contributed by atoms with Gasteiger partial charge in [0.15, 0.2) is 5.96 Å². The summed E-state index contributed by atoms with van der Waals surface area (Å²) in [5.74, 6) is 0.934. The lowest BCUT2D eigenvalue weighted by Gasteiger charge is -2.17. The summed E-state index contributed by atoms with van der Waals surface area (Å²) in [5, 5.41) is 8.53. The van der Waals surface area contributed by atoms with Crippen molar-refractivity contribution in [3.63, 3.8) is 0 Å². The van der Waals surface area contributed by atoms with Gasteiger partial charge in [0.2, 0.25) is 0 Å². The van der Waals surface area contributed by atoms with Crippen LogP contribution in [0.15, 0.2) is 22.5 Å². The summed E-state index contributed by atoms with van der Waals surface area (Å²) >= 11 is 1.73. The second kappa shape index (κ2) is 11.2. The summed E-state index contributed by atoms with van der Waals surface area (Å²) in [6, 6.07) is 4.14. The molecule has 0 spiro atoms. The fourth-order valence-electron chi connectivity index (χ4n) is 2.78. The second-order valence-corrected chi connectivity index (χ2v) is 7.01. The van der Waals surface area contributed by atoms with Crippen LogP contribution in [-0.4, -0.2) is 56.3 Å². The van der Waals surface area contributed by atoms with Gasteiger partial charge in [-0.1, -0.05) is 6.07 Å². The average Bonchev–Trinajstić information content (AvgIpc) is 3.15. The number of guanidine groups is 1. The first-order chi connectivity index (χ1) is 11.5. The molecule has 9 heteroatoms. The molecule has 1 saturated heterocycles. The van der Waals surface area contributed by atoms with Crippen molar-refractivity contribution >= 4 is 41.3 Å². The lowest BCUT2D eigenvalue weighted by molar-refractivity contribution is -0.143. The van der Waals surface area contributed by atoms with E-state index in [0.717, 1.165) is 31.9 Å². The summed E-state index contributed by atoms with van der Waals surface area (Å²) in [4.78, 5) is 7.32. The molecule has 1 atom stereocenters. The largest absolute Gasteiger partial charge is 0.401 e. The van der Waals surface area contributed by atoms with Crippen molar-refractivity contribution in [1.29, 1.82) is 0 Å². The van der Waals surface area contributed by atoms with Crippen LogP contribution >= 0.6 is 35.3 Å². The van der Waals surface area contributed by atoms with Crippen LogP contribution in [0, 0.1) is 5.92 Å². The van der Waals surface area contributed by atoms with Crippen LogP contribution < -0.4 is 10.6 Å². The van der Waals surface area contributed by atoms with Gasteiger partial charge in [0.05, 0.1) is 6.54 Å². The molecule has 2 N–H and O–H groups in total. The molecule has 1 fully saturated rings. The molecule has 1 aliphatic rings. The number of aliphatic imine (C=N–C) groups is 1. The van der Waals surface area contributed by atoms with Crippen molar-refractivity contribution in [2.24, 2.45) is 10.9 Å². The van der Waals surface area contributed by atoms with Gasteiger partial charge in [0.1, 0.15) is 0 Å². The zero-order valence-corrected chi connectivity index (χ0v) is 17.5. The first-order valence-electron chi connectivity index (χ1n) is 8.30. The Kier molecular flexibility index (Phi) is 10.1. The van der Waals surface area contributed by atoms with Crippen LogP contribution in [0.5, 0.6) is 0 Å². The highest BCUT2D eigenvalue weighted by Gasteiger charge is 2.34.